The highest BCUT2D eigenvalue weighted by atomic mass is 16.3. The summed E-state index contributed by atoms with van der Waals surface area (Å²) in [5.41, 5.74) is 11.2. The van der Waals surface area contributed by atoms with Crippen molar-refractivity contribution in [2.45, 2.75) is 0 Å². The zero-order valence-corrected chi connectivity index (χ0v) is 30.4. The molecule has 0 bridgehead atoms. The molecule has 0 radical (unpaired) electrons. The minimum Gasteiger partial charge on any atom is -0.455 e. The Morgan fingerprint density at radius 1 is 0.333 bits per heavy atom. The van der Waals surface area contributed by atoms with Crippen molar-refractivity contribution in [1.29, 1.82) is 0 Å². The van der Waals surface area contributed by atoms with Crippen LogP contribution in [-0.4, -0.2) is 19.5 Å². The average Bonchev–Trinajstić information content (AvgIpc) is 3.96. The van der Waals surface area contributed by atoms with E-state index in [-0.39, 0.29) is 0 Å². The van der Waals surface area contributed by atoms with Crippen LogP contribution >= 0.6 is 0 Å². The van der Waals surface area contributed by atoms with Gasteiger partial charge in [0.15, 0.2) is 23.1 Å². The molecule has 0 N–H and O–H groups in total. The molecule has 0 amide bonds. The van der Waals surface area contributed by atoms with Gasteiger partial charge in [0.2, 0.25) is 0 Å². The molecule has 0 saturated heterocycles. The summed E-state index contributed by atoms with van der Waals surface area (Å²) in [6.45, 7) is 0. The van der Waals surface area contributed by atoms with Gasteiger partial charge in [-0.1, -0.05) is 146 Å². The van der Waals surface area contributed by atoms with Crippen molar-refractivity contribution in [3.05, 3.63) is 182 Å². The van der Waals surface area contributed by atoms with Crippen LogP contribution in [0.5, 0.6) is 0 Å². The molecule has 6 heteroatoms. The van der Waals surface area contributed by atoms with Crippen LogP contribution in [0.15, 0.2) is 191 Å². The van der Waals surface area contributed by atoms with E-state index in [1.54, 1.807) is 0 Å². The quantitative estimate of drug-likeness (QED) is 0.176. The summed E-state index contributed by atoms with van der Waals surface area (Å²) in [5, 5.41) is 6.57. The average molecular weight is 731 g/mol. The van der Waals surface area contributed by atoms with E-state index < -0.39 is 0 Å². The number of benzene rings is 8. The fourth-order valence-corrected chi connectivity index (χ4v) is 8.46. The van der Waals surface area contributed by atoms with E-state index in [1.807, 2.05) is 72.8 Å². The van der Waals surface area contributed by atoms with Crippen LogP contribution in [0, 0.1) is 0 Å². The first-order chi connectivity index (χ1) is 28.3. The Hall–Kier alpha value is -7.83. The van der Waals surface area contributed by atoms with Gasteiger partial charge in [0.05, 0.1) is 22.3 Å². The topological polar surface area (TPSA) is 69.9 Å². The van der Waals surface area contributed by atoms with Gasteiger partial charge in [-0.25, -0.2) is 15.0 Å². The number of hydrogen-bond donors (Lipinski definition) is 0. The van der Waals surface area contributed by atoms with Gasteiger partial charge in [-0.15, -0.1) is 0 Å². The second kappa shape index (κ2) is 12.3. The molecule has 6 nitrogen and oxygen atoms in total. The monoisotopic (exact) mass is 730 g/mol. The van der Waals surface area contributed by atoms with Crippen molar-refractivity contribution < 1.29 is 8.83 Å². The highest BCUT2D eigenvalue weighted by Crippen LogP contribution is 2.43. The highest BCUT2D eigenvalue weighted by Gasteiger charge is 2.21. The molecule has 0 aliphatic heterocycles. The third-order valence-electron chi connectivity index (χ3n) is 11.1. The smallest absolute Gasteiger partial charge is 0.167 e. The molecule has 0 atom stereocenters. The molecule has 4 aromatic heterocycles. The summed E-state index contributed by atoms with van der Waals surface area (Å²) in [4.78, 5) is 14.9. The number of fused-ring (bicyclic) bond motifs is 9. The number of hydrogen-bond acceptors (Lipinski definition) is 5. The molecule has 57 heavy (non-hydrogen) atoms. The molecule has 266 valence electrons. The fraction of sp³-hybridized carbons (Fsp3) is 0. The molecular weight excluding hydrogens is 701 g/mol. The van der Waals surface area contributed by atoms with Crippen LogP contribution in [0.2, 0.25) is 0 Å². The Labute approximate surface area is 325 Å². The van der Waals surface area contributed by atoms with Crippen molar-refractivity contribution in [3.8, 4) is 51.0 Å². The van der Waals surface area contributed by atoms with Crippen LogP contribution in [0.1, 0.15) is 0 Å². The minimum absolute atomic E-state index is 0.554. The van der Waals surface area contributed by atoms with Gasteiger partial charge < -0.3 is 13.4 Å². The van der Waals surface area contributed by atoms with E-state index in [1.165, 1.54) is 10.8 Å². The molecule has 0 aliphatic carbocycles. The van der Waals surface area contributed by atoms with Gasteiger partial charge in [-0.05, 0) is 42.0 Å². The maximum Gasteiger partial charge on any atom is 0.167 e. The Kier molecular flexibility index (Phi) is 6.83. The van der Waals surface area contributed by atoms with Gasteiger partial charge in [0.25, 0.3) is 0 Å². The normalized spacial score (nSPS) is 11.9. The number of para-hydroxylation sites is 5. The van der Waals surface area contributed by atoms with Gasteiger partial charge >= 0.3 is 0 Å². The second-order valence-corrected chi connectivity index (χ2v) is 14.3. The maximum absolute atomic E-state index is 6.98. The summed E-state index contributed by atoms with van der Waals surface area (Å²) >= 11 is 0. The first kappa shape index (κ1) is 31.5. The van der Waals surface area contributed by atoms with Crippen molar-refractivity contribution in [2.24, 2.45) is 0 Å². The molecule has 0 aliphatic rings. The fourth-order valence-electron chi connectivity index (χ4n) is 8.46. The first-order valence-electron chi connectivity index (χ1n) is 19.0. The first-order valence-corrected chi connectivity index (χ1v) is 19.0. The predicted octanol–water partition coefficient (Wildman–Crippen LogP) is 13.4. The zero-order valence-electron chi connectivity index (χ0n) is 30.4. The lowest BCUT2D eigenvalue weighted by Crippen LogP contribution is -2.00. The maximum atomic E-state index is 6.98. The summed E-state index contributed by atoms with van der Waals surface area (Å²) in [5.74, 6) is 1.77. The molecule has 12 rings (SSSR count). The Balaban J connectivity index is 1.02. The SMILES string of the molecule is c1ccc(-c2nc(-c3ccccc3)nc(-c3cccc4c3oc3ccc(-c5cccc6c5oc5c(-n7c8ccccc8c8ccccc87)cccc56)cc34)n2)cc1. The van der Waals surface area contributed by atoms with Crippen LogP contribution in [0.4, 0.5) is 0 Å². The van der Waals surface area contributed by atoms with E-state index in [2.05, 4.69) is 114 Å². The lowest BCUT2D eigenvalue weighted by molar-refractivity contribution is 0.667. The summed E-state index contributed by atoms with van der Waals surface area (Å²) < 4.78 is 16.0. The van der Waals surface area contributed by atoms with Crippen LogP contribution < -0.4 is 0 Å². The Bertz CT molecular complexity index is 3410. The molecule has 4 heterocycles. The van der Waals surface area contributed by atoms with E-state index >= 15 is 0 Å². The van der Waals surface area contributed by atoms with Crippen LogP contribution in [0.3, 0.4) is 0 Å². The Morgan fingerprint density at radius 2 is 0.842 bits per heavy atom. The van der Waals surface area contributed by atoms with E-state index in [9.17, 15) is 0 Å². The standard InChI is InChI=1S/C51H30N4O2/c1-3-14-31(15-4-1)49-52-50(32-16-5-2-6-17-32)54-51(53-49)40-24-12-22-39-41-30-33(28-29-45(41)56-47(39)40)34-20-11-21-37-38-23-13-27-44(48(38)57-46(34)37)55-42-25-9-7-18-35(42)36-19-8-10-26-43(36)55/h1-30H. The van der Waals surface area contributed by atoms with Crippen molar-refractivity contribution in [3.63, 3.8) is 0 Å². The Morgan fingerprint density at radius 3 is 1.51 bits per heavy atom. The largest absolute Gasteiger partial charge is 0.455 e. The van der Waals surface area contributed by atoms with Crippen LogP contribution in [0.25, 0.3) is 117 Å². The third-order valence-corrected chi connectivity index (χ3v) is 11.1. The van der Waals surface area contributed by atoms with E-state index in [4.69, 9.17) is 23.8 Å². The van der Waals surface area contributed by atoms with Crippen molar-refractivity contribution in [1.82, 2.24) is 19.5 Å². The number of nitrogens with zero attached hydrogens (tertiary/aromatic N) is 4. The number of furan rings is 2. The molecule has 12 aromatic rings. The second-order valence-electron chi connectivity index (χ2n) is 14.3. The lowest BCUT2D eigenvalue weighted by atomic mass is 10.00. The summed E-state index contributed by atoms with van der Waals surface area (Å²) in [7, 11) is 0. The van der Waals surface area contributed by atoms with Gasteiger partial charge in [-0.2, -0.15) is 0 Å². The van der Waals surface area contributed by atoms with Gasteiger partial charge in [0, 0.05) is 49.0 Å². The molecule has 0 fully saturated rings. The highest BCUT2D eigenvalue weighted by molar-refractivity contribution is 6.15. The van der Waals surface area contributed by atoms with Gasteiger partial charge in [-0.3, -0.25) is 0 Å². The van der Waals surface area contributed by atoms with E-state index in [0.717, 1.165) is 88.4 Å². The van der Waals surface area contributed by atoms with E-state index in [0.29, 0.717) is 17.5 Å². The van der Waals surface area contributed by atoms with Crippen molar-refractivity contribution in [2.75, 3.05) is 0 Å². The van der Waals surface area contributed by atoms with Crippen LogP contribution in [-0.2, 0) is 0 Å². The molecule has 0 spiro atoms. The van der Waals surface area contributed by atoms with Crippen molar-refractivity contribution >= 4 is 65.7 Å². The molecule has 8 aromatic carbocycles. The number of rotatable bonds is 5. The minimum atomic E-state index is 0.554. The summed E-state index contributed by atoms with van der Waals surface area (Å²) in [6.07, 6.45) is 0. The van der Waals surface area contributed by atoms with Gasteiger partial charge in [0.1, 0.15) is 16.7 Å². The predicted molar refractivity (Wildman–Crippen MR) is 230 cm³/mol. The molecule has 0 saturated carbocycles. The summed E-state index contributed by atoms with van der Waals surface area (Å²) in [6, 6.07) is 62.6. The third kappa shape index (κ3) is 4.87. The lowest BCUT2D eigenvalue weighted by Gasteiger charge is -2.08. The molecular formula is C51H30N4O2. The zero-order chi connectivity index (χ0) is 37.5. The number of aromatic nitrogens is 4. The molecule has 0 unspecified atom stereocenters.